The molecular weight excluding hydrogens is 250 g/mol. The van der Waals surface area contributed by atoms with E-state index in [4.69, 9.17) is 18.0 Å². The van der Waals surface area contributed by atoms with Crippen LogP contribution in [0.25, 0.3) is 0 Å². The number of ether oxygens (including phenoxy) is 1. The second-order valence-corrected chi connectivity index (χ2v) is 5.86. The largest absolute Gasteiger partial charge is 0.453 e. The normalized spacial score (nSPS) is 20.7. The molecule has 5 nitrogen and oxygen atoms in total. The Bertz CT molecular complexity index is 320. The van der Waals surface area contributed by atoms with Crippen LogP contribution in [0.1, 0.15) is 26.7 Å². The number of nitrogens with two attached hydrogens (primary N) is 1. The number of methoxy groups -OCH3 is 1. The van der Waals surface area contributed by atoms with Crippen molar-refractivity contribution in [1.82, 2.24) is 10.2 Å². The molecule has 0 saturated carbocycles. The third-order valence-corrected chi connectivity index (χ3v) is 4.05. The number of alkyl carbamates (subject to hydrolysis) is 1. The molecule has 0 radical (unpaired) electrons. The molecule has 0 aromatic rings. The van der Waals surface area contributed by atoms with E-state index in [0.717, 1.165) is 32.5 Å². The van der Waals surface area contributed by atoms with Crippen LogP contribution in [-0.2, 0) is 4.74 Å². The Labute approximate surface area is 114 Å². The number of rotatable bonds is 5. The Hall–Kier alpha value is -0.880. The molecule has 1 aliphatic heterocycles. The van der Waals surface area contributed by atoms with Gasteiger partial charge in [0.15, 0.2) is 0 Å². The predicted molar refractivity (Wildman–Crippen MR) is 75.6 cm³/mol. The molecule has 0 spiro atoms. The van der Waals surface area contributed by atoms with Crippen LogP contribution in [0.2, 0.25) is 0 Å². The van der Waals surface area contributed by atoms with Crippen LogP contribution in [0, 0.1) is 5.41 Å². The van der Waals surface area contributed by atoms with Gasteiger partial charge >= 0.3 is 6.09 Å². The summed E-state index contributed by atoms with van der Waals surface area (Å²) in [4.78, 5) is 14.0. The van der Waals surface area contributed by atoms with E-state index < -0.39 is 0 Å². The van der Waals surface area contributed by atoms with Crippen LogP contribution in [-0.4, -0.2) is 48.8 Å². The average Bonchev–Trinajstić information content (AvgIpc) is 2.74. The van der Waals surface area contributed by atoms with Crippen molar-refractivity contribution in [2.45, 2.75) is 32.7 Å². The van der Waals surface area contributed by atoms with Gasteiger partial charge in [0.2, 0.25) is 0 Å². The Balaban J connectivity index is 2.31. The molecule has 18 heavy (non-hydrogen) atoms. The zero-order valence-corrected chi connectivity index (χ0v) is 12.2. The Kier molecular flexibility index (Phi) is 5.34. The van der Waals surface area contributed by atoms with Crippen molar-refractivity contribution in [2.24, 2.45) is 11.1 Å². The Morgan fingerprint density at radius 1 is 1.61 bits per heavy atom. The van der Waals surface area contributed by atoms with Crippen molar-refractivity contribution in [1.29, 1.82) is 0 Å². The highest BCUT2D eigenvalue weighted by molar-refractivity contribution is 7.80. The van der Waals surface area contributed by atoms with Crippen molar-refractivity contribution in [2.75, 3.05) is 26.7 Å². The average molecular weight is 273 g/mol. The van der Waals surface area contributed by atoms with Crippen molar-refractivity contribution in [3.05, 3.63) is 0 Å². The standard InChI is InChI=1S/C12H23N3O2S/c1-12(2,10(13)18)5-7-15-6-4-9(8-15)14-11(16)17-3/h9H,4-8H2,1-3H3,(H2,13,18)(H,14,16). The van der Waals surface area contributed by atoms with Crippen LogP contribution in [0.15, 0.2) is 0 Å². The molecule has 0 aliphatic carbocycles. The fourth-order valence-electron chi connectivity index (χ4n) is 1.94. The SMILES string of the molecule is COC(=O)NC1CCN(CCC(C)(C)C(N)=S)C1. The molecule has 1 aliphatic rings. The number of hydrogen-bond donors (Lipinski definition) is 2. The zero-order chi connectivity index (χ0) is 13.8. The molecular formula is C12H23N3O2S. The molecule has 1 atom stereocenters. The van der Waals surface area contributed by atoms with Crippen molar-refractivity contribution < 1.29 is 9.53 Å². The first-order valence-corrected chi connectivity index (χ1v) is 6.62. The van der Waals surface area contributed by atoms with Gasteiger partial charge in [-0.1, -0.05) is 26.1 Å². The second-order valence-electron chi connectivity index (χ2n) is 5.42. The van der Waals surface area contributed by atoms with E-state index in [1.807, 2.05) is 0 Å². The molecule has 0 aromatic heterocycles. The summed E-state index contributed by atoms with van der Waals surface area (Å²) in [7, 11) is 1.38. The Morgan fingerprint density at radius 2 is 2.28 bits per heavy atom. The van der Waals surface area contributed by atoms with Gasteiger partial charge in [-0.15, -0.1) is 0 Å². The molecule has 1 saturated heterocycles. The fourth-order valence-corrected chi connectivity index (χ4v) is 2.04. The monoisotopic (exact) mass is 273 g/mol. The first kappa shape index (κ1) is 15.2. The number of hydrogen-bond acceptors (Lipinski definition) is 4. The van der Waals surface area contributed by atoms with Gasteiger partial charge in [-0.05, 0) is 19.4 Å². The van der Waals surface area contributed by atoms with Gasteiger partial charge in [0.1, 0.15) is 0 Å². The zero-order valence-electron chi connectivity index (χ0n) is 11.4. The number of nitrogens with zero attached hydrogens (tertiary/aromatic N) is 1. The number of carbonyl (C=O) groups excluding carboxylic acids is 1. The van der Waals surface area contributed by atoms with Crippen molar-refractivity contribution >= 4 is 23.3 Å². The first-order chi connectivity index (χ1) is 8.35. The van der Waals surface area contributed by atoms with E-state index in [0.29, 0.717) is 4.99 Å². The third-order valence-electron chi connectivity index (χ3n) is 3.50. The molecule has 1 rings (SSSR count). The van der Waals surface area contributed by atoms with Gasteiger partial charge in [0.05, 0.1) is 12.1 Å². The van der Waals surface area contributed by atoms with E-state index in [-0.39, 0.29) is 17.6 Å². The van der Waals surface area contributed by atoms with Crippen molar-refractivity contribution in [3.8, 4) is 0 Å². The summed E-state index contributed by atoms with van der Waals surface area (Å²) >= 11 is 5.05. The summed E-state index contributed by atoms with van der Waals surface area (Å²) in [6, 6.07) is 0.186. The van der Waals surface area contributed by atoms with E-state index in [9.17, 15) is 4.79 Å². The van der Waals surface area contributed by atoms with Crippen LogP contribution in [0.3, 0.4) is 0 Å². The first-order valence-electron chi connectivity index (χ1n) is 6.22. The number of carbonyl (C=O) groups is 1. The lowest BCUT2D eigenvalue weighted by molar-refractivity contribution is 0.166. The molecule has 1 amide bonds. The number of nitrogens with one attached hydrogen (secondary N) is 1. The molecule has 6 heteroatoms. The fraction of sp³-hybridized carbons (Fsp3) is 0.833. The van der Waals surface area contributed by atoms with Crippen LogP contribution >= 0.6 is 12.2 Å². The molecule has 1 fully saturated rings. The van der Waals surface area contributed by atoms with E-state index >= 15 is 0 Å². The topological polar surface area (TPSA) is 67.6 Å². The van der Waals surface area contributed by atoms with Gasteiger partial charge in [-0.2, -0.15) is 0 Å². The second kappa shape index (κ2) is 6.33. The maximum atomic E-state index is 11.1. The summed E-state index contributed by atoms with van der Waals surface area (Å²) in [5.74, 6) is 0. The summed E-state index contributed by atoms with van der Waals surface area (Å²) in [6.07, 6.45) is 1.54. The minimum atomic E-state index is -0.356. The van der Waals surface area contributed by atoms with E-state index in [2.05, 4.69) is 28.8 Å². The Morgan fingerprint density at radius 3 is 2.83 bits per heavy atom. The lowest BCUT2D eigenvalue weighted by atomic mass is 9.89. The predicted octanol–water partition coefficient (Wildman–Crippen LogP) is 1.12. The van der Waals surface area contributed by atoms with Gasteiger partial charge < -0.3 is 20.7 Å². The van der Waals surface area contributed by atoms with Gasteiger partial charge in [-0.25, -0.2) is 4.79 Å². The summed E-state index contributed by atoms with van der Waals surface area (Å²) in [5, 5.41) is 2.83. The maximum Gasteiger partial charge on any atom is 0.407 e. The minimum absolute atomic E-state index is 0.108. The number of likely N-dealkylation sites (tertiary alicyclic amines) is 1. The molecule has 1 heterocycles. The number of thiocarbonyl (C=S) groups is 1. The molecule has 0 aromatic carbocycles. The highest BCUT2D eigenvalue weighted by Crippen LogP contribution is 2.22. The molecule has 0 bridgehead atoms. The van der Waals surface area contributed by atoms with Crippen LogP contribution in [0.5, 0.6) is 0 Å². The highest BCUT2D eigenvalue weighted by atomic mass is 32.1. The minimum Gasteiger partial charge on any atom is -0.453 e. The van der Waals surface area contributed by atoms with E-state index in [1.165, 1.54) is 7.11 Å². The summed E-state index contributed by atoms with van der Waals surface area (Å²) in [6.45, 7) is 6.93. The summed E-state index contributed by atoms with van der Waals surface area (Å²) < 4.78 is 4.59. The summed E-state index contributed by atoms with van der Waals surface area (Å²) in [5.41, 5.74) is 5.60. The van der Waals surface area contributed by atoms with E-state index in [1.54, 1.807) is 0 Å². The van der Waals surface area contributed by atoms with Gasteiger partial charge in [0, 0.05) is 24.5 Å². The lowest BCUT2D eigenvalue weighted by Crippen LogP contribution is -2.38. The molecule has 104 valence electrons. The smallest absolute Gasteiger partial charge is 0.407 e. The lowest BCUT2D eigenvalue weighted by Gasteiger charge is -2.26. The third kappa shape index (κ3) is 4.42. The van der Waals surface area contributed by atoms with Crippen LogP contribution in [0.4, 0.5) is 4.79 Å². The van der Waals surface area contributed by atoms with Crippen LogP contribution < -0.4 is 11.1 Å². The van der Waals surface area contributed by atoms with Crippen molar-refractivity contribution in [3.63, 3.8) is 0 Å². The highest BCUT2D eigenvalue weighted by Gasteiger charge is 2.27. The number of amides is 1. The molecule has 3 N–H and O–H groups in total. The maximum absolute atomic E-state index is 11.1. The quantitative estimate of drug-likeness (QED) is 0.735. The van der Waals surface area contributed by atoms with Gasteiger partial charge in [0.25, 0.3) is 0 Å². The van der Waals surface area contributed by atoms with Gasteiger partial charge in [-0.3, -0.25) is 0 Å². The molecule has 1 unspecified atom stereocenters.